The Morgan fingerprint density at radius 1 is 1.05 bits per heavy atom. The Morgan fingerprint density at radius 3 is 2.42 bits per heavy atom. The maximum atomic E-state index is 2.56. The molecule has 0 N–H and O–H groups in total. The van der Waals surface area contributed by atoms with Gasteiger partial charge in [-0.1, -0.05) is 38.1 Å². The highest BCUT2D eigenvalue weighted by Gasteiger charge is 2.21. The van der Waals surface area contributed by atoms with Crippen molar-refractivity contribution >= 4 is 0 Å². The molecule has 0 heterocycles. The van der Waals surface area contributed by atoms with E-state index in [0.29, 0.717) is 0 Å². The van der Waals surface area contributed by atoms with Crippen molar-refractivity contribution in [1.29, 1.82) is 0 Å². The molecule has 2 nitrogen and oxygen atoms in total. The fourth-order valence-corrected chi connectivity index (χ4v) is 3.08. The zero-order valence-corrected chi connectivity index (χ0v) is 12.7. The van der Waals surface area contributed by atoms with Crippen LogP contribution in [0.4, 0.5) is 0 Å². The first-order chi connectivity index (χ1) is 9.24. The van der Waals surface area contributed by atoms with E-state index in [1.165, 1.54) is 32.4 Å². The third-order valence-electron chi connectivity index (χ3n) is 4.61. The number of aryl methyl sites for hydroxylation is 1. The zero-order valence-electron chi connectivity index (χ0n) is 12.7. The van der Waals surface area contributed by atoms with Gasteiger partial charge in [0.25, 0.3) is 0 Å². The van der Waals surface area contributed by atoms with Gasteiger partial charge in [0, 0.05) is 19.1 Å². The second kappa shape index (κ2) is 7.06. The van der Waals surface area contributed by atoms with E-state index < -0.39 is 0 Å². The third kappa shape index (κ3) is 3.80. The second-order valence-corrected chi connectivity index (χ2v) is 5.67. The predicted octanol–water partition coefficient (Wildman–Crippen LogP) is 2.82. The van der Waals surface area contributed by atoms with Crippen molar-refractivity contribution < 1.29 is 0 Å². The Balaban J connectivity index is 1.86. The Morgan fingerprint density at radius 2 is 1.74 bits per heavy atom. The summed E-state index contributed by atoms with van der Waals surface area (Å²) in [6.07, 6.45) is 3.78. The highest BCUT2D eigenvalue weighted by atomic mass is 15.2. The normalized spacial score (nSPS) is 18.9. The van der Waals surface area contributed by atoms with Crippen molar-refractivity contribution in [2.24, 2.45) is 0 Å². The van der Waals surface area contributed by atoms with Crippen LogP contribution in [0.5, 0.6) is 0 Å². The molecule has 0 spiro atoms. The van der Waals surface area contributed by atoms with Crippen molar-refractivity contribution in [3.63, 3.8) is 0 Å². The molecule has 2 rings (SSSR count). The average Bonchev–Trinajstić information content (AvgIpc) is 2.47. The minimum atomic E-state index is 0.727. The van der Waals surface area contributed by atoms with Gasteiger partial charge in [-0.2, -0.15) is 0 Å². The monoisotopic (exact) mass is 260 g/mol. The molecule has 0 saturated carbocycles. The van der Waals surface area contributed by atoms with Gasteiger partial charge in [-0.15, -0.1) is 0 Å². The summed E-state index contributed by atoms with van der Waals surface area (Å²) in [5.41, 5.74) is 3.13. The molecule has 0 bridgehead atoms. The molecule has 2 heteroatoms. The molecule has 106 valence electrons. The van der Waals surface area contributed by atoms with Crippen molar-refractivity contribution in [2.75, 3.05) is 33.2 Å². The van der Waals surface area contributed by atoms with Gasteiger partial charge in [-0.05, 0) is 50.5 Å². The molecule has 0 radical (unpaired) electrons. The first-order valence-corrected chi connectivity index (χ1v) is 7.74. The lowest BCUT2D eigenvalue weighted by molar-refractivity contribution is 0.184. The van der Waals surface area contributed by atoms with Crippen LogP contribution in [0.3, 0.4) is 0 Å². The molecule has 1 aliphatic rings. The van der Waals surface area contributed by atoms with E-state index in [1.54, 1.807) is 11.1 Å². The van der Waals surface area contributed by atoms with E-state index in [0.717, 1.165) is 19.1 Å². The van der Waals surface area contributed by atoms with E-state index in [4.69, 9.17) is 0 Å². The molecule has 1 aromatic carbocycles. The van der Waals surface area contributed by atoms with Gasteiger partial charge in [0.1, 0.15) is 0 Å². The number of hydrogen-bond acceptors (Lipinski definition) is 2. The number of benzene rings is 1. The lowest BCUT2D eigenvalue weighted by atomic mass is 9.88. The van der Waals surface area contributed by atoms with E-state index in [1.807, 2.05) is 0 Å². The van der Waals surface area contributed by atoms with E-state index >= 15 is 0 Å². The molecule has 19 heavy (non-hydrogen) atoms. The van der Waals surface area contributed by atoms with E-state index in [9.17, 15) is 0 Å². The highest BCUT2D eigenvalue weighted by Crippen LogP contribution is 2.23. The zero-order chi connectivity index (χ0) is 13.7. The molecule has 1 aliphatic carbocycles. The fourth-order valence-electron chi connectivity index (χ4n) is 3.08. The lowest BCUT2D eigenvalue weighted by Gasteiger charge is -2.33. The summed E-state index contributed by atoms with van der Waals surface area (Å²) in [6, 6.07) is 9.67. The van der Waals surface area contributed by atoms with Crippen molar-refractivity contribution in [1.82, 2.24) is 9.80 Å². The van der Waals surface area contributed by atoms with Crippen LogP contribution in [0.1, 0.15) is 31.4 Å². The van der Waals surface area contributed by atoms with Crippen LogP contribution in [-0.4, -0.2) is 49.1 Å². The summed E-state index contributed by atoms with van der Waals surface area (Å²) in [5, 5.41) is 0. The van der Waals surface area contributed by atoms with E-state index in [-0.39, 0.29) is 0 Å². The van der Waals surface area contributed by atoms with Crippen LogP contribution < -0.4 is 0 Å². The summed E-state index contributed by atoms with van der Waals surface area (Å²) >= 11 is 0. The summed E-state index contributed by atoms with van der Waals surface area (Å²) < 4.78 is 0. The molecule has 0 fully saturated rings. The van der Waals surface area contributed by atoms with Crippen LogP contribution in [0.25, 0.3) is 0 Å². The van der Waals surface area contributed by atoms with Crippen molar-refractivity contribution in [3.05, 3.63) is 35.4 Å². The molecule has 0 aliphatic heterocycles. The van der Waals surface area contributed by atoms with Gasteiger partial charge in [0.15, 0.2) is 0 Å². The largest absolute Gasteiger partial charge is 0.303 e. The minimum Gasteiger partial charge on any atom is -0.303 e. The summed E-state index contributed by atoms with van der Waals surface area (Å²) in [4.78, 5) is 5.07. The number of rotatable bonds is 6. The first-order valence-electron chi connectivity index (χ1n) is 7.74. The second-order valence-electron chi connectivity index (χ2n) is 5.67. The van der Waals surface area contributed by atoms with Gasteiger partial charge in [0.05, 0.1) is 0 Å². The Labute approximate surface area is 118 Å². The summed E-state index contributed by atoms with van der Waals surface area (Å²) in [5.74, 6) is 0. The van der Waals surface area contributed by atoms with Gasteiger partial charge in [-0.25, -0.2) is 0 Å². The third-order valence-corrected chi connectivity index (χ3v) is 4.61. The smallest absolute Gasteiger partial charge is 0.0136 e. The van der Waals surface area contributed by atoms with Crippen molar-refractivity contribution in [2.45, 2.75) is 39.2 Å². The quantitative estimate of drug-likeness (QED) is 0.776. The molecule has 1 aromatic rings. The Hall–Kier alpha value is -0.860. The SMILES string of the molecule is CCN(CC)CCN(C)[C@H]1CCc2ccccc2C1. The van der Waals surface area contributed by atoms with Crippen LogP contribution in [0.2, 0.25) is 0 Å². The highest BCUT2D eigenvalue weighted by molar-refractivity contribution is 5.30. The Bertz CT molecular complexity index is 385. The maximum Gasteiger partial charge on any atom is 0.0136 e. The molecule has 0 amide bonds. The first kappa shape index (κ1) is 14.5. The van der Waals surface area contributed by atoms with Crippen LogP contribution in [-0.2, 0) is 12.8 Å². The standard InChI is InChI=1S/C17H28N2/c1-4-19(5-2)13-12-18(3)17-11-10-15-8-6-7-9-16(15)14-17/h6-9,17H,4-5,10-14H2,1-3H3/t17-/m0/s1. The number of nitrogens with zero attached hydrogens (tertiary/aromatic N) is 2. The average molecular weight is 260 g/mol. The fraction of sp³-hybridized carbons (Fsp3) is 0.647. The van der Waals surface area contributed by atoms with Gasteiger partial charge < -0.3 is 9.80 Å². The molecule has 0 saturated heterocycles. The molecule has 0 aromatic heterocycles. The lowest BCUT2D eigenvalue weighted by Crippen LogP contribution is -2.41. The van der Waals surface area contributed by atoms with Gasteiger partial charge in [0.2, 0.25) is 0 Å². The van der Waals surface area contributed by atoms with Crippen LogP contribution >= 0.6 is 0 Å². The van der Waals surface area contributed by atoms with E-state index in [2.05, 4.69) is 55.0 Å². The molecule has 0 unspecified atom stereocenters. The summed E-state index contributed by atoms with van der Waals surface area (Å²) in [7, 11) is 2.29. The van der Waals surface area contributed by atoms with Crippen LogP contribution in [0, 0.1) is 0 Å². The molecular formula is C17H28N2. The maximum absolute atomic E-state index is 2.56. The Kier molecular flexibility index (Phi) is 5.41. The van der Waals surface area contributed by atoms with Gasteiger partial charge in [-0.3, -0.25) is 0 Å². The van der Waals surface area contributed by atoms with Crippen molar-refractivity contribution in [3.8, 4) is 0 Å². The topological polar surface area (TPSA) is 6.48 Å². The summed E-state index contributed by atoms with van der Waals surface area (Å²) in [6.45, 7) is 9.21. The van der Waals surface area contributed by atoms with Crippen LogP contribution in [0.15, 0.2) is 24.3 Å². The predicted molar refractivity (Wildman–Crippen MR) is 82.7 cm³/mol. The van der Waals surface area contributed by atoms with Gasteiger partial charge >= 0.3 is 0 Å². The number of likely N-dealkylation sites (N-methyl/N-ethyl adjacent to an activating group) is 2. The number of hydrogen-bond donors (Lipinski definition) is 0. The minimum absolute atomic E-state index is 0.727. The molecular weight excluding hydrogens is 232 g/mol. The number of fused-ring (bicyclic) bond motifs is 1. The molecule has 1 atom stereocenters.